The summed E-state index contributed by atoms with van der Waals surface area (Å²) in [5, 5.41) is 3.10. The Bertz CT molecular complexity index is 820. The van der Waals surface area contributed by atoms with E-state index in [0.29, 0.717) is 11.5 Å². The lowest BCUT2D eigenvalue weighted by Crippen LogP contribution is -2.40. The fourth-order valence-electron chi connectivity index (χ4n) is 2.95. The Hall–Kier alpha value is -2.40. The smallest absolute Gasteiger partial charge is 0.319 e. The predicted octanol–water partition coefficient (Wildman–Crippen LogP) is 3.83. The topological polar surface area (TPSA) is 62.3 Å². The van der Waals surface area contributed by atoms with Crippen molar-refractivity contribution in [3.63, 3.8) is 0 Å². The van der Waals surface area contributed by atoms with Gasteiger partial charge < -0.3 is 5.32 Å². The Labute approximate surface area is 152 Å². The highest BCUT2D eigenvalue weighted by atomic mass is 35.5. The first-order chi connectivity index (χ1) is 11.8. The molecule has 130 valence electrons. The molecule has 1 aromatic heterocycles. The van der Waals surface area contributed by atoms with Crippen LogP contribution in [0.1, 0.15) is 43.4 Å². The molecule has 1 unspecified atom stereocenters. The van der Waals surface area contributed by atoms with Gasteiger partial charge in [-0.15, -0.1) is 0 Å². The van der Waals surface area contributed by atoms with Gasteiger partial charge in [-0.25, -0.2) is 9.78 Å². The summed E-state index contributed by atoms with van der Waals surface area (Å²) < 4.78 is 0. The first kappa shape index (κ1) is 17.4. The Kier molecular flexibility index (Phi) is 4.52. The van der Waals surface area contributed by atoms with E-state index in [1.165, 1.54) is 10.5 Å². The SMILES string of the molecule is CC(C)c1ccc(C2(C)NC(=O)N(Cc3cccnc3Cl)C2=O)cc1. The highest BCUT2D eigenvalue weighted by molar-refractivity contribution is 6.30. The molecule has 2 aromatic rings. The van der Waals surface area contributed by atoms with Crippen LogP contribution in [0.5, 0.6) is 0 Å². The molecular formula is C19H20ClN3O2. The number of hydrogen-bond donors (Lipinski definition) is 1. The van der Waals surface area contributed by atoms with Gasteiger partial charge in [-0.1, -0.05) is 55.8 Å². The lowest BCUT2D eigenvalue weighted by Gasteiger charge is -2.23. The van der Waals surface area contributed by atoms with E-state index in [9.17, 15) is 9.59 Å². The average molecular weight is 358 g/mol. The summed E-state index contributed by atoms with van der Waals surface area (Å²) in [6, 6.07) is 10.8. The molecule has 5 nitrogen and oxygen atoms in total. The molecule has 1 atom stereocenters. The van der Waals surface area contributed by atoms with Gasteiger partial charge in [-0.3, -0.25) is 9.69 Å². The van der Waals surface area contributed by atoms with Gasteiger partial charge >= 0.3 is 6.03 Å². The number of amides is 3. The number of rotatable bonds is 4. The molecule has 3 amide bonds. The van der Waals surface area contributed by atoms with E-state index in [1.807, 2.05) is 24.3 Å². The van der Waals surface area contributed by atoms with Crippen molar-refractivity contribution in [2.45, 2.75) is 38.8 Å². The summed E-state index contributed by atoms with van der Waals surface area (Å²) in [7, 11) is 0. The summed E-state index contributed by atoms with van der Waals surface area (Å²) in [6.07, 6.45) is 1.57. The van der Waals surface area contributed by atoms with Gasteiger partial charge in [-0.2, -0.15) is 0 Å². The van der Waals surface area contributed by atoms with Crippen LogP contribution in [0.4, 0.5) is 4.79 Å². The van der Waals surface area contributed by atoms with E-state index in [1.54, 1.807) is 25.3 Å². The number of aromatic nitrogens is 1. The van der Waals surface area contributed by atoms with E-state index in [4.69, 9.17) is 11.6 Å². The maximum atomic E-state index is 13.0. The molecular weight excluding hydrogens is 338 g/mol. The van der Waals surface area contributed by atoms with Crippen LogP contribution in [0.2, 0.25) is 5.15 Å². The second-order valence-corrected chi connectivity index (χ2v) is 7.03. The number of urea groups is 1. The van der Waals surface area contributed by atoms with Crippen molar-refractivity contribution < 1.29 is 9.59 Å². The van der Waals surface area contributed by atoms with Crippen molar-refractivity contribution in [2.75, 3.05) is 0 Å². The quantitative estimate of drug-likeness (QED) is 0.668. The largest absolute Gasteiger partial charge is 0.325 e. The van der Waals surface area contributed by atoms with Crippen LogP contribution < -0.4 is 5.32 Å². The third kappa shape index (κ3) is 3.12. The lowest BCUT2D eigenvalue weighted by molar-refractivity contribution is -0.131. The fraction of sp³-hybridized carbons (Fsp3) is 0.316. The molecule has 25 heavy (non-hydrogen) atoms. The van der Waals surface area contributed by atoms with E-state index in [2.05, 4.69) is 24.1 Å². The second kappa shape index (κ2) is 6.48. The highest BCUT2D eigenvalue weighted by Gasteiger charge is 2.49. The standard InChI is InChI=1S/C19H20ClN3O2/c1-12(2)13-6-8-15(9-7-13)19(3)17(24)23(18(25)22-19)11-14-5-4-10-21-16(14)20/h4-10,12H,11H2,1-3H3,(H,22,25). The molecule has 1 fully saturated rings. The number of hydrogen-bond acceptors (Lipinski definition) is 3. The Morgan fingerprint density at radius 1 is 1.20 bits per heavy atom. The van der Waals surface area contributed by atoms with Crippen molar-refractivity contribution in [3.8, 4) is 0 Å². The van der Waals surface area contributed by atoms with Crippen LogP contribution in [0, 0.1) is 0 Å². The Morgan fingerprint density at radius 2 is 1.88 bits per heavy atom. The van der Waals surface area contributed by atoms with Crippen LogP contribution in [-0.4, -0.2) is 21.8 Å². The van der Waals surface area contributed by atoms with Crippen LogP contribution in [0.3, 0.4) is 0 Å². The second-order valence-electron chi connectivity index (χ2n) is 6.68. The van der Waals surface area contributed by atoms with Crippen molar-refractivity contribution >= 4 is 23.5 Å². The molecule has 1 aliphatic heterocycles. The van der Waals surface area contributed by atoms with E-state index < -0.39 is 11.6 Å². The van der Waals surface area contributed by atoms with Crippen LogP contribution in [-0.2, 0) is 16.9 Å². The highest BCUT2D eigenvalue weighted by Crippen LogP contribution is 2.31. The summed E-state index contributed by atoms with van der Waals surface area (Å²) in [5.74, 6) is 0.106. The minimum absolute atomic E-state index is 0.0943. The Morgan fingerprint density at radius 3 is 2.48 bits per heavy atom. The minimum atomic E-state index is -1.08. The third-order valence-electron chi connectivity index (χ3n) is 4.59. The molecule has 0 aliphatic carbocycles. The number of nitrogens with one attached hydrogen (secondary N) is 1. The Balaban J connectivity index is 1.88. The van der Waals surface area contributed by atoms with Gasteiger partial charge in [0.15, 0.2) is 0 Å². The molecule has 0 saturated carbocycles. The van der Waals surface area contributed by atoms with Gasteiger partial charge in [0.25, 0.3) is 5.91 Å². The van der Waals surface area contributed by atoms with Crippen molar-refractivity contribution in [2.24, 2.45) is 0 Å². The molecule has 0 spiro atoms. The molecule has 1 aromatic carbocycles. The molecule has 0 bridgehead atoms. The molecule has 1 saturated heterocycles. The minimum Gasteiger partial charge on any atom is -0.319 e. The lowest BCUT2D eigenvalue weighted by atomic mass is 9.90. The van der Waals surface area contributed by atoms with Crippen LogP contribution in [0.25, 0.3) is 0 Å². The third-order valence-corrected chi connectivity index (χ3v) is 4.93. The molecule has 1 aliphatic rings. The molecule has 6 heteroatoms. The van der Waals surface area contributed by atoms with Crippen molar-refractivity contribution in [3.05, 3.63) is 64.4 Å². The molecule has 2 heterocycles. The number of nitrogens with zero attached hydrogens (tertiary/aromatic N) is 2. The zero-order chi connectivity index (χ0) is 18.2. The zero-order valence-corrected chi connectivity index (χ0v) is 15.2. The molecule has 1 N–H and O–H groups in total. The number of pyridine rings is 1. The summed E-state index contributed by atoms with van der Waals surface area (Å²) >= 11 is 6.05. The average Bonchev–Trinajstić information content (AvgIpc) is 2.81. The number of benzene rings is 1. The first-order valence-electron chi connectivity index (χ1n) is 8.17. The van der Waals surface area contributed by atoms with E-state index in [-0.39, 0.29) is 17.6 Å². The van der Waals surface area contributed by atoms with Crippen molar-refractivity contribution in [1.29, 1.82) is 0 Å². The van der Waals surface area contributed by atoms with E-state index >= 15 is 0 Å². The maximum Gasteiger partial charge on any atom is 0.325 e. The molecule has 3 rings (SSSR count). The van der Waals surface area contributed by atoms with E-state index in [0.717, 1.165) is 5.56 Å². The summed E-state index contributed by atoms with van der Waals surface area (Å²) in [4.78, 5) is 30.5. The van der Waals surface area contributed by atoms with Gasteiger partial charge in [0.05, 0.1) is 6.54 Å². The number of carbonyl (C=O) groups is 2. The van der Waals surface area contributed by atoms with Gasteiger partial charge in [-0.05, 0) is 30.0 Å². The summed E-state index contributed by atoms with van der Waals surface area (Å²) in [5.41, 5.74) is 1.49. The predicted molar refractivity (Wildman–Crippen MR) is 96.2 cm³/mol. The van der Waals surface area contributed by atoms with Crippen LogP contribution >= 0.6 is 11.6 Å². The molecule has 0 radical (unpaired) electrons. The monoisotopic (exact) mass is 357 g/mol. The zero-order valence-electron chi connectivity index (χ0n) is 14.4. The van der Waals surface area contributed by atoms with Crippen LogP contribution in [0.15, 0.2) is 42.6 Å². The van der Waals surface area contributed by atoms with Crippen molar-refractivity contribution in [1.82, 2.24) is 15.2 Å². The number of imide groups is 1. The number of halogens is 1. The van der Waals surface area contributed by atoms with Gasteiger partial charge in [0, 0.05) is 11.8 Å². The summed E-state index contributed by atoms with van der Waals surface area (Å²) in [6.45, 7) is 6.04. The number of carbonyl (C=O) groups excluding carboxylic acids is 2. The van der Waals surface area contributed by atoms with Gasteiger partial charge in [0.1, 0.15) is 10.7 Å². The van der Waals surface area contributed by atoms with Gasteiger partial charge in [0.2, 0.25) is 0 Å². The fourth-order valence-corrected chi connectivity index (χ4v) is 3.12. The normalized spacial score (nSPS) is 20.3. The maximum absolute atomic E-state index is 13.0. The first-order valence-corrected chi connectivity index (χ1v) is 8.54.